The molecule has 0 aliphatic rings. The summed E-state index contributed by atoms with van der Waals surface area (Å²) < 4.78 is 15.2. The van der Waals surface area contributed by atoms with Gasteiger partial charge in [-0.2, -0.15) is 4.98 Å². The van der Waals surface area contributed by atoms with E-state index in [1.165, 1.54) is 7.11 Å². The highest BCUT2D eigenvalue weighted by molar-refractivity contribution is 5.93. The van der Waals surface area contributed by atoms with Crippen LogP contribution in [0.2, 0.25) is 0 Å². The van der Waals surface area contributed by atoms with Crippen molar-refractivity contribution in [3.8, 4) is 11.5 Å². The van der Waals surface area contributed by atoms with Crippen LogP contribution in [0.3, 0.4) is 0 Å². The van der Waals surface area contributed by atoms with Crippen molar-refractivity contribution in [1.29, 1.82) is 0 Å². The highest BCUT2D eigenvalue weighted by atomic mass is 16.5. The summed E-state index contributed by atoms with van der Waals surface area (Å²) in [6.07, 6.45) is 0.00119. The number of aromatic nitrogens is 2. The molecular formula is C13H15N3O4. The van der Waals surface area contributed by atoms with Crippen LogP contribution >= 0.6 is 0 Å². The van der Waals surface area contributed by atoms with E-state index in [-0.39, 0.29) is 18.2 Å². The Kier molecular flexibility index (Phi) is 4.19. The first-order chi connectivity index (χ1) is 9.62. The Bertz CT molecular complexity index is 609. The summed E-state index contributed by atoms with van der Waals surface area (Å²) in [5.74, 6) is 1.64. The van der Waals surface area contributed by atoms with Gasteiger partial charge in [0.1, 0.15) is 17.9 Å². The van der Waals surface area contributed by atoms with Crippen LogP contribution in [0.15, 0.2) is 22.7 Å². The van der Waals surface area contributed by atoms with Crippen molar-refractivity contribution in [1.82, 2.24) is 10.1 Å². The molecule has 0 fully saturated rings. The zero-order valence-corrected chi connectivity index (χ0v) is 11.5. The number of ether oxygens (including phenoxy) is 2. The van der Waals surface area contributed by atoms with Gasteiger partial charge in [0.25, 0.3) is 0 Å². The van der Waals surface area contributed by atoms with E-state index in [1.807, 2.05) is 0 Å². The fraction of sp³-hybridized carbons (Fsp3) is 0.308. The number of benzene rings is 1. The Balaban J connectivity index is 2.10. The molecule has 7 heteroatoms. The topological polar surface area (TPSA) is 86.5 Å². The third-order valence-electron chi connectivity index (χ3n) is 2.56. The number of nitrogens with one attached hydrogen (secondary N) is 1. The number of hydrogen-bond donors (Lipinski definition) is 1. The summed E-state index contributed by atoms with van der Waals surface area (Å²) in [5.41, 5.74) is 0.521. The second-order valence-electron chi connectivity index (χ2n) is 4.03. The number of rotatable bonds is 5. The molecule has 2 rings (SSSR count). The lowest BCUT2D eigenvalue weighted by atomic mass is 10.2. The van der Waals surface area contributed by atoms with E-state index in [1.54, 1.807) is 32.2 Å². The van der Waals surface area contributed by atoms with Gasteiger partial charge in [0, 0.05) is 6.07 Å². The van der Waals surface area contributed by atoms with E-state index in [2.05, 4.69) is 15.5 Å². The molecule has 0 spiro atoms. The summed E-state index contributed by atoms with van der Waals surface area (Å²) in [5, 5.41) is 6.35. The lowest BCUT2D eigenvalue weighted by Crippen LogP contribution is -2.15. The number of nitrogens with zero attached hydrogens (tertiary/aromatic N) is 2. The monoisotopic (exact) mass is 277 g/mol. The molecule has 106 valence electrons. The summed E-state index contributed by atoms with van der Waals surface area (Å²) in [7, 11) is 3.08. The molecule has 1 N–H and O–H groups in total. The number of hydrogen-bond acceptors (Lipinski definition) is 6. The van der Waals surface area contributed by atoms with E-state index in [4.69, 9.17) is 14.0 Å². The van der Waals surface area contributed by atoms with E-state index >= 15 is 0 Å². The second-order valence-corrected chi connectivity index (χ2v) is 4.03. The van der Waals surface area contributed by atoms with Gasteiger partial charge in [0.05, 0.1) is 19.9 Å². The summed E-state index contributed by atoms with van der Waals surface area (Å²) >= 11 is 0. The van der Waals surface area contributed by atoms with Gasteiger partial charge in [-0.25, -0.2) is 0 Å². The van der Waals surface area contributed by atoms with Crippen molar-refractivity contribution in [2.24, 2.45) is 0 Å². The minimum absolute atomic E-state index is 0.00119. The minimum atomic E-state index is -0.278. The average Bonchev–Trinajstić information content (AvgIpc) is 2.83. The van der Waals surface area contributed by atoms with Crippen molar-refractivity contribution in [3.63, 3.8) is 0 Å². The number of carbonyl (C=O) groups is 1. The third kappa shape index (κ3) is 3.25. The Morgan fingerprint density at radius 1 is 1.35 bits per heavy atom. The molecule has 2 aromatic rings. The summed E-state index contributed by atoms with van der Waals surface area (Å²) in [6, 6.07) is 5.14. The van der Waals surface area contributed by atoms with Gasteiger partial charge in [0.15, 0.2) is 5.82 Å². The fourth-order valence-electron chi connectivity index (χ4n) is 1.66. The maximum atomic E-state index is 11.9. The van der Waals surface area contributed by atoms with Crippen LogP contribution in [0.5, 0.6) is 11.5 Å². The van der Waals surface area contributed by atoms with Crippen molar-refractivity contribution >= 4 is 11.6 Å². The molecule has 1 amide bonds. The van der Waals surface area contributed by atoms with Gasteiger partial charge in [-0.15, -0.1) is 0 Å². The SMILES string of the molecule is COc1ccc(OC)c(NC(=O)Cc2nc(C)no2)c1. The van der Waals surface area contributed by atoms with Gasteiger partial charge >= 0.3 is 0 Å². The van der Waals surface area contributed by atoms with Gasteiger partial charge in [-0.05, 0) is 19.1 Å². The first-order valence-corrected chi connectivity index (χ1v) is 5.93. The van der Waals surface area contributed by atoms with Crippen LogP contribution in [-0.2, 0) is 11.2 Å². The largest absolute Gasteiger partial charge is 0.497 e. The van der Waals surface area contributed by atoms with Crippen molar-refractivity contribution in [2.45, 2.75) is 13.3 Å². The highest BCUT2D eigenvalue weighted by Gasteiger charge is 2.13. The molecule has 1 aromatic heterocycles. The van der Waals surface area contributed by atoms with E-state index in [0.717, 1.165) is 0 Å². The second kappa shape index (κ2) is 6.05. The predicted molar refractivity (Wildman–Crippen MR) is 70.9 cm³/mol. The van der Waals surface area contributed by atoms with Gasteiger partial charge < -0.3 is 19.3 Å². The first-order valence-electron chi connectivity index (χ1n) is 5.93. The average molecular weight is 277 g/mol. The Labute approximate surface area is 115 Å². The molecule has 0 bridgehead atoms. The number of amides is 1. The molecule has 0 saturated carbocycles. The number of anilines is 1. The van der Waals surface area contributed by atoms with Crippen molar-refractivity contribution < 1.29 is 18.8 Å². The van der Waals surface area contributed by atoms with Crippen molar-refractivity contribution in [2.75, 3.05) is 19.5 Å². The number of carbonyl (C=O) groups excluding carboxylic acids is 1. The number of methoxy groups -OCH3 is 2. The third-order valence-corrected chi connectivity index (χ3v) is 2.56. The maximum absolute atomic E-state index is 11.9. The van der Waals surface area contributed by atoms with Crippen LogP contribution in [0.4, 0.5) is 5.69 Å². The minimum Gasteiger partial charge on any atom is -0.497 e. The van der Waals surface area contributed by atoms with E-state index in [0.29, 0.717) is 23.0 Å². The van der Waals surface area contributed by atoms with Crippen LogP contribution in [0.25, 0.3) is 0 Å². The van der Waals surface area contributed by atoms with Gasteiger partial charge in [-0.1, -0.05) is 5.16 Å². The molecular weight excluding hydrogens is 262 g/mol. The van der Waals surface area contributed by atoms with Crippen LogP contribution in [0.1, 0.15) is 11.7 Å². The molecule has 7 nitrogen and oxygen atoms in total. The lowest BCUT2D eigenvalue weighted by Gasteiger charge is -2.11. The zero-order chi connectivity index (χ0) is 14.5. The molecule has 1 aromatic carbocycles. The van der Waals surface area contributed by atoms with Crippen LogP contribution in [-0.4, -0.2) is 30.3 Å². The molecule has 0 atom stereocenters. The van der Waals surface area contributed by atoms with Crippen LogP contribution < -0.4 is 14.8 Å². The molecule has 0 saturated heterocycles. The van der Waals surface area contributed by atoms with Crippen LogP contribution in [0, 0.1) is 6.92 Å². The zero-order valence-electron chi connectivity index (χ0n) is 11.5. The Hall–Kier alpha value is -2.57. The predicted octanol–water partition coefficient (Wildman–Crippen LogP) is 1.58. The molecule has 20 heavy (non-hydrogen) atoms. The standard InChI is InChI=1S/C13H15N3O4/c1-8-14-13(20-16-8)7-12(17)15-10-6-9(18-2)4-5-11(10)19-3/h4-6H,7H2,1-3H3,(H,15,17). The molecule has 1 heterocycles. The number of aryl methyl sites for hydroxylation is 1. The van der Waals surface area contributed by atoms with E-state index < -0.39 is 0 Å². The first kappa shape index (κ1) is 13.9. The molecule has 0 aliphatic heterocycles. The maximum Gasteiger partial charge on any atom is 0.236 e. The molecule has 0 unspecified atom stereocenters. The lowest BCUT2D eigenvalue weighted by molar-refractivity contribution is -0.115. The summed E-state index contributed by atoms with van der Waals surface area (Å²) in [6.45, 7) is 1.69. The molecule has 0 radical (unpaired) electrons. The van der Waals surface area contributed by atoms with Gasteiger partial charge in [-0.3, -0.25) is 4.79 Å². The van der Waals surface area contributed by atoms with Crippen molar-refractivity contribution in [3.05, 3.63) is 29.9 Å². The smallest absolute Gasteiger partial charge is 0.236 e. The molecule has 0 aliphatic carbocycles. The Morgan fingerprint density at radius 2 is 2.15 bits per heavy atom. The Morgan fingerprint density at radius 3 is 2.75 bits per heavy atom. The quantitative estimate of drug-likeness (QED) is 0.892. The summed E-state index contributed by atoms with van der Waals surface area (Å²) in [4.78, 5) is 15.9. The fourth-order valence-corrected chi connectivity index (χ4v) is 1.66. The van der Waals surface area contributed by atoms with E-state index in [9.17, 15) is 4.79 Å². The van der Waals surface area contributed by atoms with Gasteiger partial charge in [0.2, 0.25) is 11.8 Å². The highest BCUT2D eigenvalue weighted by Crippen LogP contribution is 2.28. The normalized spacial score (nSPS) is 10.2.